The average molecular weight is 458 g/mol. The van der Waals surface area contributed by atoms with Crippen LogP contribution in [-0.2, 0) is 0 Å². The van der Waals surface area contributed by atoms with Gasteiger partial charge in [0.2, 0.25) is 0 Å². The number of methoxy groups -OCH3 is 1. The first-order chi connectivity index (χ1) is 16.8. The normalized spacial score (nSPS) is 20.3. The lowest BCUT2D eigenvalue weighted by molar-refractivity contribution is 0.205. The second-order valence-corrected chi connectivity index (χ2v) is 9.38. The summed E-state index contributed by atoms with van der Waals surface area (Å²) in [4.78, 5) is 2.57. The molecule has 0 aromatic heterocycles. The van der Waals surface area contributed by atoms with Gasteiger partial charge in [-0.25, -0.2) is 0 Å². The molecule has 0 unspecified atom stereocenters. The van der Waals surface area contributed by atoms with Crippen LogP contribution in [0.1, 0.15) is 54.2 Å². The number of hydrogen-bond acceptors (Lipinski definition) is 4. The third-order valence-electron chi connectivity index (χ3n) is 7.18. The molecule has 4 nitrogen and oxygen atoms in total. The lowest BCUT2D eigenvalue weighted by Gasteiger charge is -2.34. The van der Waals surface area contributed by atoms with E-state index in [1.807, 2.05) is 12.1 Å². The van der Waals surface area contributed by atoms with E-state index in [1.54, 1.807) is 7.11 Å². The van der Waals surface area contributed by atoms with E-state index in [4.69, 9.17) is 14.2 Å². The Bertz CT molecular complexity index is 1040. The Balaban J connectivity index is 1.31. The molecular formula is C30H35NO3. The van der Waals surface area contributed by atoms with E-state index in [2.05, 4.69) is 65.6 Å². The predicted octanol–water partition coefficient (Wildman–Crippen LogP) is 6.26. The molecule has 1 fully saturated rings. The van der Waals surface area contributed by atoms with Crippen LogP contribution in [-0.4, -0.2) is 44.9 Å². The Morgan fingerprint density at radius 3 is 2.38 bits per heavy atom. The summed E-state index contributed by atoms with van der Waals surface area (Å²) in [6.07, 6.45) is 5.14. The van der Waals surface area contributed by atoms with E-state index in [-0.39, 0.29) is 11.8 Å². The zero-order valence-electron chi connectivity index (χ0n) is 20.1. The van der Waals surface area contributed by atoms with Gasteiger partial charge in [0.15, 0.2) is 0 Å². The van der Waals surface area contributed by atoms with Crippen molar-refractivity contribution in [2.45, 2.75) is 37.5 Å². The van der Waals surface area contributed by atoms with Gasteiger partial charge < -0.3 is 19.1 Å². The minimum atomic E-state index is 0.213. The van der Waals surface area contributed by atoms with Crippen molar-refractivity contribution in [3.05, 3.63) is 89.5 Å². The van der Waals surface area contributed by atoms with Crippen molar-refractivity contribution in [1.29, 1.82) is 0 Å². The topological polar surface area (TPSA) is 30.9 Å². The Labute approximate surface area is 203 Å². The molecule has 34 heavy (non-hydrogen) atoms. The first-order valence-electron chi connectivity index (χ1n) is 12.6. The third-order valence-corrected chi connectivity index (χ3v) is 7.18. The third kappa shape index (κ3) is 5.23. The minimum absolute atomic E-state index is 0.213. The molecule has 0 bridgehead atoms. The van der Waals surface area contributed by atoms with E-state index >= 15 is 0 Å². The van der Waals surface area contributed by atoms with Crippen molar-refractivity contribution in [2.75, 3.05) is 40.0 Å². The molecule has 0 aliphatic carbocycles. The number of fused-ring (bicyclic) bond motifs is 1. The molecule has 5 rings (SSSR count). The zero-order chi connectivity index (χ0) is 23.2. The van der Waals surface area contributed by atoms with Gasteiger partial charge in [0.05, 0.1) is 20.3 Å². The molecule has 178 valence electrons. The maximum absolute atomic E-state index is 6.22. The summed E-state index contributed by atoms with van der Waals surface area (Å²) >= 11 is 0. The Hall–Kier alpha value is -2.98. The molecule has 2 heterocycles. The number of likely N-dealkylation sites (tertiary alicyclic amines) is 1. The van der Waals surface area contributed by atoms with Gasteiger partial charge in [-0.15, -0.1) is 0 Å². The molecule has 0 amide bonds. The number of piperidine rings is 1. The van der Waals surface area contributed by atoms with Crippen LogP contribution < -0.4 is 14.2 Å². The standard InChI is InChI=1S/C30H35NO3/c1-32-26-15-16-27-29(21-26)34-22-28(23-9-4-2-5-10-23)30(27)24-11-13-25(14-12-24)33-20-8-19-31-17-6-3-7-18-31/h2,4-5,9-16,21,28,30H,3,6-8,17-20,22H2,1H3/t28-,30-/m0/s1. The first-order valence-corrected chi connectivity index (χ1v) is 12.6. The van der Waals surface area contributed by atoms with Crippen LogP contribution in [0.5, 0.6) is 17.2 Å². The Morgan fingerprint density at radius 2 is 1.62 bits per heavy atom. The molecule has 3 aromatic rings. The van der Waals surface area contributed by atoms with E-state index in [0.29, 0.717) is 6.61 Å². The quantitative estimate of drug-likeness (QED) is 0.374. The first kappa shape index (κ1) is 22.8. The number of hydrogen-bond donors (Lipinski definition) is 0. The molecule has 2 atom stereocenters. The maximum Gasteiger partial charge on any atom is 0.126 e. The van der Waals surface area contributed by atoms with Crippen LogP contribution in [0.2, 0.25) is 0 Å². The average Bonchev–Trinajstić information content (AvgIpc) is 2.91. The highest BCUT2D eigenvalue weighted by molar-refractivity contribution is 5.51. The van der Waals surface area contributed by atoms with E-state index in [1.165, 1.54) is 49.0 Å². The molecule has 0 radical (unpaired) electrons. The summed E-state index contributed by atoms with van der Waals surface area (Å²) in [6, 6.07) is 25.6. The highest BCUT2D eigenvalue weighted by Crippen LogP contribution is 2.47. The van der Waals surface area contributed by atoms with Gasteiger partial charge in [-0.1, -0.05) is 55.0 Å². The van der Waals surface area contributed by atoms with Gasteiger partial charge in [-0.3, -0.25) is 0 Å². The van der Waals surface area contributed by atoms with Crippen LogP contribution in [0.15, 0.2) is 72.8 Å². The molecule has 4 heteroatoms. The van der Waals surface area contributed by atoms with Gasteiger partial charge >= 0.3 is 0 Å². The molecule has 2 aliphatic heterocycles. The largest absolute Gasteiger partial charge is 0.497 e. The van der Waals surface area contributed by atoms with Gasteiger partial charge in [-0.2, -0.15) is 0 Å². The van der Waals surface area contributed by atoms with Crippen molar-refractivity contribution < 1.29 is 14.2 Å². The monoisotopic (exact) mass is 457 g/mol. The second-order valence-electron chi connectivity index (χ2n) is 9.38. The molecule has 0 N–H and O–H groups in total. The smallest absolute Gasteiger partial charge is 0.126 e. The summed E-state index contributed by atoms with van der Waals surface area (Å²) in [7, 11) is 1.69. The van der Waals surface area contributed by atoms with E-state index < -0.39 is 0 Å². The molecule has 0 spiro atoms. The van der Waals surface area contributed by atoms with Gasteiger partial charge in [-0.05, 0) is 61.7 Å². The summed E-state index contributed by atoms with van der Waals surface area (Å²) in [6.45, 7) is 5.04. The van der Waals surface area contributed by atoms with Crippen molar-refractivity contribution in [3.8, 4) is 17.2 Å². The summed E-state index contributed by atoms with van der Waals surface area (Å²) in [5.41, 5.74) is 3.78. The Kier molecular flexibility index (Phi) is 7.35. The molecule has 3 aromatic carbocycles. The second kappa shape index (κ2) is 11.0. The van der Waals surface area contributed by atoms with E-state index in [9.17, 15) is 0 Å². The fourth-order valence-electron chi connectivity index (χ4n) is 5.35. The van der Waals surface area contributed by atoms with Crippen LogP contribution in [0, 0.1) is 0 Å². The fourth-order valence-corrected chi connectivity index (χ4v) is 5.35. The predicted molar refractivity (Wildman–Crippen MR) is 136 cm³/mol. The van der Waals surface area contributed by atoms with Crippen molar-refractivity contribution in [3.63, 3.8) is 0 Å². The van der Waals surface area contributed by atoms with E-state index in [0.717, 1.165) is 36.8 Å². The van der Waals surface area contributed by atoms with Crippen molar-refractivity contribution in [1.82, 2.24) is 4.90 Å². The molecule has 0 saturated carbocycles. The highest BCUT2D eigenvalue weighted by atomic mass is 16.5. The van der Waals surface area contributed by atoms with Gasteiger partial charge in [0.25, 0.3) is 0 Å². The highest BCUT2D eigenvalue weighted by Gasteiger charge is 2.33. The van der Waals surface area contributed by atoms with Crippen LogP contribution in [0.3, 0.4) is 0 Å². The molecular weight excluding hydrogens is 422 g/mol. The number of rotatable bonds is 8. The lowest BCUT2D eigenvalue weighted by atomic mass is 9.76. The fraction of sp³-hybridized carbons (Fsp3) is 0.400. The molecule has 2 aliphatic rings. The maximum atomic E-state index is 6.22. The van der Waals surface area contributed by atoms with Gasteiger partial charge in [0.1, 0.15) is 17.2 Å². The van der Waals surface area contributed by atoms with Crippen LogP contribution >= 0.6 is 0 Å². The van der Waals surface area contributed by atoms with Gasteiger partial charge in [0, 0.05) is 30.0 Å². The number of benzene rings is 3. The van der Waals surface area contributed by atoms with Crippen molar-refractivity contribution >= 4 is 0 Å². The minimum Gasteiger partial charge on any atom is -0.497 e. The van der Waals surface area contributed by atoms with Crippen LogP contribution in [0.25, 0.3) is 0 Å². The zero-order valence-corrected chi connectivity index (χ0v) is 20.1. The number of ether oxygens (including phenoxy) is 3. The van der Waals surface area contributed by atoms with Crippen LogP contribution in [0.4, 0.5) is 0 Å². The SMILES string of the molecule is COc1ccc2c(c1)OC[C@@H](c1ccccc1)[C@H]2c1ccc(OCCCN2CCCCC2)cc1. The summed E-state index contributed by atoms with van der Waals surface area (Å²) in [5.74, 6) is 3.14. The summed E-state index contributed by atoms with van der Waals surface area (Å²) in [5, 5.41) is 0. The van der Waals surface area contributed by atoms with Crippen molar-refractivity contribution in [2.24, 2.45) is 0 Å². The lowest BCUT2D eigenvalue weighted by Crippen LogP contribution is -2.31. The molecule has 1 saturated heterocycles. The summed E-state index contributed by atoms with van der Waals surface area (Å²) < 4.78 is 17.7. The number of nitrogens with zero attached hydrogens (tertiary/aromatic N) is 1. The Morgan fingerprint density at radius 1 is 0.853 bits per heavy atom.